The highest BCUT2D eigenvalue weighted by Crippen LogP contribution is 2.42. The van der Waals surface area contributed by atoms with Crippen LogP contribution < -0.4 is 9.47 Å². The predicted octanol–water partition coefficient (Wildman–Crippen LogP) is 2.78. The van der Waals surface area contributed by atoms with Crippen LogP contribution >= 0.6 is 11.6 Å². The molecule has 0 atom stereocenters. The fraction of sp³-hybridized carbons (Fsp3) is 0.417. The lowest BCUT2D eigenvalue weighted by Gasteiger charge is -2.09. The van der Waals surface area contributed by atoms with Gasteiger partial charge in [0.25, 0.3) is 0 Å². The summed E-state index contributed by atoms with van der Waals surface area (Å²) in [6, 6.07) is 1.88. The molecule has 1 aliphatic rings. The molecule has 4 nitrogen and oxygen atoms in total. The maximum atomic E-state index is 10.5. The van der Waals surface area contributed by atoms with Crippen LogP contribution in [0.2, 0.25) is 5.02 Å². The topological polar surface area (TPSA) is 55.8 Å². The third-order valence-electron chi connectivity index (χ3n) is 2.79. The first-order valence-corrected chi connectivity index (χ1v) is 5.76. The molecule has 0 spiro atoms. The zero-order valence-corrected chi connectivity index (χ0v) is 10.2. The lowest BCUT2D eigenvalue weighted by molar-refractivity contribution is -0.137. The van der Waals surface area contributed by atoms with Gasteiger partial charge in [-0.15, -0.1) is 0 Å². The standard InChI is InChI=1S/C12H13ClO4/c1-7-8(3-2-4-10(14)15)5-9-12(11(7)13)17-6-16-9/h5H,2-4,6H2,1H3,(H,14,15). The van der Waals surface area contributed by atoms with E-state index in [4.69, 9.17) is 26.2 Å². The summed E-state index contributed by atoms with van der Waals surface area (Å²) >= 11 is 6.16. The lowest BCUT2D eigenvalue weighted by atomic mass is 10.0. The van der Waals surface area contributed by atoms with Gasteiger partial charge < -0.3 is 14.6 Å². The number of rotatable bonds is 4. The van der Waals surface area contributed by atoms with E-state index >= 15 is 0 Å². The monoisotopic (exact) mass is 256 g/mol. The van der Waals surface area contributed by atoms with Crippen molar-refractivity contribution in [3.8, 4) is 11.5 Å². The van der Waals surface area contributed by atoms with E-state index < -0.39 is 5.97 Å². The fourth-order valence-electron chi connectivity index (χ4n) is 1.83. The molecule has 5 heteroatoms. The second-order valence-corrected chi connectivity index (χ2v) is 4.33. The number of aliphatic carboxylic acids is 1. The number of ether oxygens (including phenoxy) is 2. The molecule has 1 heterocycles. The maximum Gasteiger partial charge on any atom is 0.303 e. The van der Waals surface area contributed by atoms with E-state index in [1.54, 1.807) is 0 Å². The van der Waals surface area contributed by atoms with Gasteiger partial charge in [0.2, 0.25) is 6.79 Å². The molecule has 1 N–H and O–H groups in total. The molecule has 0 unspecified atom stereocenters. The molecule has 2 rings (SSSR count). The molecule has 0 saturated carbocycles. The molecular weight excluding hydrogens is 244 g/mol. The minimum absolute atomic E-state index is 0.158. The van der Waals surface area contributed by atoms with Crippen LogP contribution in [0.5, 0.6) is 11.5 Å². The van der Waals surface area contributed by atoms with Gasteiger partial charge in [0, 0.05) is 6.42 Å². The van der Waals surface area contributed by atoms with Crippen molar-refractivity contribution in [1.82, 2.24) is 0 Å². The number of halogens is 1. The summed E-state index contributed by atoms with van der Waals surface area (Å²) < 4.78 is 10.5. The lowest BCUT2D eigenvalue weighted by Crippen LogP contribution is -1.97. The second kappa shape index (κ2) is 4.84. The van der Waals surface area contributed by atoms with E-state index in [1.807, 2.05) is 13.0 Å². The largest absolute Gasteiger partial charge is 0.481 e. The summed E-state index contributed by atoms with van der Waals surface area (Å²) in [6.07, 6.45) is 1.42. The summed E-state index contributed by atoms with van der Waals surface area (Å²) in [6.45, 7) is 2.09. The van der Waals surface area contributed by atoms with Gasteiger partial charge in [-0.2, -0.15) is 0 Å². The molecule has 0 amide bonds. The van der Waals surface area contributed by atoms with E-state index in [0.717, 1.165) is 11.1 Å². The van der Waals surface area contributed by atoms with Gasteiger partial charge >= 0.3 is 5.97 Å². The van der Waals surface area contributed by atoms with Crippen molar-refractivity contribution in [3.05, 3.63) is 22.2 Å². The van der Waals surface area contributed by atoms with E-state index in [-0.39, 0.29) is 13.2 Å². The third-order valence-corrected chi connectivity index (χ3v) is 3.25. The van der Waals surface area contributed by atoms with Crippen molar-refractivity contribution in [2.75, 3.05) is 6.79 Å². The molecule has 0 saturated heterocycles. The molecule has 0 fully saturated rings. The van der Waals surface area contributed by atoms with Crippen LogP contribution in [0.4, 0.5) is 0 Å². The number of carboxylic acid groups (broad SMARTS) is 1. The Morgan fingerprint density at radius 1 is 1.53 bits per heavy atom. The highest BCUT2D eigenvalue weighted by molar-refractivity contribution is 6.33. The Morgan fingerprint density at radius 3 is 3.00 bits per heavy atom. The van der Waals surface area contributed by atoms with Gasteiger partial charge in [0.1, 0.15) is 0 Å². The molecule has 0 aliphatic carbocycles. The van der Waals surface area contributed by atoms with Gasteiger partial charge in [-0.1, -0.05) is 11.6 Å². The predicted molar refractivity (Wildman–Crippen MR) is 62.9 cm³/mol. The zero-order chi connectivity index (χ0) is 12.4. The Kier molecular flexibility index (Phi) is 3.43. The van der Waals surface area contributed by atoms with Gasteiger partial charge in [0.05, 0.1) is 5.02 Å². The number of fused-ring (bicyclic) bond motifs is 1. The van der Waals surface area contributed by atoms with Crippen molar-refractivity contribution >= 4 is 17.6 Å². The molecule has 0 aromatic heterocycles. The van der Waals surface area contributed by atoms with E-state index in [1.165, 1.54) is 0 Å². The Hall–Kier alpha value is -1.42. The highest BCUT2D eigenvalue weighted by atomic mass is 35.5. The van der Waals surface area contributed by atoms with Crippen molar-refractivity contribution in [3.63, 3.8) is 0 Å². The van der Waals surface area contributed by atoms with Gasteiger partial charge in [-0.25, -0.2) is 0 Å². The number of benzene rings is 1. The number of carboxylic acids is 1. The first kappa shape index (κ1) is 12.0. The van der Waals surface area contributed by atoms with E-state index in [2.05, 4.69) is 0 Å². The smallest absolute Gasteiger partial charge is 0.303 e. The molecule has 17 heavy (non-hydrogen) atoms. The molecule has 0 radical (unpaired) electrons. The van der Waals surface area contributed by atoms with E-state index in [0.29, 0.717) is 29.4 Å². The van der Waals surface area contributed by atoms with Crippen molar-refractivity contribution < 1.29 is 19.4 Å². The third kappa shape index (κ3) is 2.47. The minimum atomic E-state index is -0.783. The van der Waals surface area contributed by atoms with Crippen LogP contribution in [0.25, 0.3) is 0 Å². The van der Waals surface area contributed by atoms with Crippen molar-refractivity contribution in [2.24, 2.45) is 0 Å². The summed E-state index contributed by atoms with van der Waals surface area (Å²) in [5, 5.41) is 9.16. The maximum absolute atomic E-state index is 10.5. The summed E-state index contributed by atoms with van der Waals surface area (Å²) in [7, 11) is 0. The van der Waals surface area contributed by atoms with E-state index in [9.17, 15) is 4.79 Å². The summed E-state index contributed by atoms with van der Waals surface area (Å²) in [5.41, 5.74) is 1.95. The minimum Gasteiger partial charge on any atom is -0.481 e. The summed E-state index contributed by atoms with van der Waals surface area (Å²) in [4.78, 5) is 10.5. The molecule has 92 valence electrons. The average molecular weight is 257 g/mol. The molecular formula is C12H13ClO4. The second-order valence-electron chi connectivity index (χ2n) is 3.96. The first-order valence-electron chi connectivity index (χ1n) is 5.39. The van der Waals surface area contributed by atoms with Crippen molar-refractivity contribution in [2.45, 2.75) is 26.2 Å². The Bertz CT molecular complexity index is 456. The molecule has 0 bridgehead atoms. The normalized spacial score (nSPS) is 12.8. The zero-order valence-electron chi connectivity index (χ0n) is 9.46. The van der Waals surface area contributed by atoms with Gasteiger partial charge in [-0.05, 0) is 37.0 Å². The van der Waals surface area contributed by atoms with Crippen LogP contribution in [-0.2, 0) is 11.2 Å². The van der Waals surface area contributed by atoms with Crippen LogP contribution in [0.3, 0.4) is 0 Å². The van der Waals surface area contributed by atoms with Gasteiger partial charge in [-0.3, -0.25) is 4.79 Å². The average Bonchev–Trinajstić information content (AvgIpc) is 2.72. The SMILES string of the molecule is Cc1c(CCCC(=O)O)cc2c(c1Cl)OCO2. The Morgan fingerprint density at radius 2 is 2.29 bits per heavy atom. The number of aryl methyl sites for hydroxylation is 1. The quantitative estimate of drug-likeness (QED) is 0.900. The molecule has 1 aromatic rings. The van der Waals surface area contributed by atoms with Crippen LogP contribution in [0.1, 0.15) is 24.0 Å². The van der Waals surface area contributed by atoms with Crippen molar-refractivity contribution in [1.29, 1.82) is 0 Å². The number of hydrogen-bond acceptors (Lipinski definition) is 3. The number of carbonyl (C=O) groups is 1. The first-order chi connectivity index (χ1) is 8.09. The number of hydrogen-bond donors (Lipinski definition) is 1. The van der Waals surface area contributed by atoms with Crippen LogP contribution in [0, 0.1) is 6.92 Å². The Labute approximate surface area is 104 Å². The van der Waals surface area contributed by atoms with Gasteiger partial charge in [0.15, 0.2) is 11.5 Å². The van der Waals surface area contributed by atoms with Crippen LogP contribution in [-0.4, -0.2) is 17.9 Å². The molecule has 1 aromatic carbocycles. The molecule has 1 aliphatic heterocycles. The summed E-state index contributed by atoms with van der Waals surface area (Å²) in [5.74, 6) is 0.451. The Balaban J connectivity index is 2.17. The van der Waals surface area contributed by atoms with Crippen LogP contribution in [0.15, 0.2) is 6.07 Å². The highest BCUT2D eigenvalue weighted by Gasteiger charge is 2.21. The fourth-order valence-corrected chi connectivity index (χ4v) is 2.10.